The summed E-state index contributed by atoms with van der Waals surface area (Å²) in [5, 5.41) is 7.53. The number of aryl methyl sites for hydroxylation is 2. The van der Waals surface area contributed by atoms with Crippen molar-refractivity contribution in [3.8, 4) is 11.5 Å². The molecule has 1 heterocycles. The third-order valence-electron chi connectivity index (χ3n) is 5.09. The monoisotopic (exact) mass is 457 g/mol. The normalized spacial score (nSPS) is 10.6. The highest BCUT2D eigenvalue weighted by molar-refractivity contribution is 6.03. The first-order valence-corrected chi connectivity index (χ1v) is 10.8. The number of anilines is 1. The largest absolute Gasteiger partial charge is 0.457 e. The lowest BCUT2D eigenvalue weighted by atomic mass is 10.1. The van der Waals surface area contributed by atoms with E-state index in [9.17, 15) is 14.4 Å². The molecule has 1 aromatic heterocycles. The Bertz CT molecular complexity index is 1390. The maximum atomic E-state index is 12.6. The van der Waals surface area contributed by atoms with Crippen molar-refractivity contribution in [1.82, 2.24) is 9.78 Å². The van der Waals surface area contributed by atoms with Crippen molar-refractivity contribution in [3.05, 3.63) is 94.4 Å². The molecule has 0 aliphatic rings. The van der Waals surface area contributed by atoms with Crippen LogP contribution in [0.3, 0.4) is 0 Å². The number of fused-ring (bicyclic) bond motifs is 1. The third kappa shape index (κ3) is 5.12. The lowest BCUT2D eigenvalue weighted by Gasteiger charge is -2.10. The molecule has 8 nitrogen and oxygen atoms in total. The highest BCUT2D eigenvalue weighted by Crippen LogP contribution is 2.23. The first-order valence-electron chi connectivity index (χ1n) is 10.8. The molecular weight excluding hydrogens is 434 g/mol. The van der Waals surface area contributed by atoms with E-state index >= 15 is 0 Å². The van der Waals surface area contributed by atoms with E-state index in [-0.39, 0.29) is 11.3 Å². The van der Waals surface area contributed by atoms with Crippen molar-refractivity contribution in [2.45, 2.75) is 20.4 Å². The van der Waals surface area contributed by atoms with Gasteiger partial charge < -0.3 is 14.8 Å². The van der Waals surface area contributed by atoms with Crippen molar-refractivity contribution in [1.29, 1.82) is 0 Å². The minimum atomic E-state index is -0.782. The van der Waals surface area contributed by atoms with Crippen LogP contribution in [-0.2, 0) is 16.1 Å². The molecular formula is C26H23N3O5. The smallest absolute Gasteiger partial charge is 0.359 e. The number of carbonyl (C=O) groups excluding carboxylic acids is 2. The Hall–Kier alpha value is -4.46. The number of nitrogens with zero attached hydrogens (tertiary/aromatic N) is 2. The van der Waals surface area contributed by atoms with Crippen LogP contribution in [-0.4, -0.2) is 28.3 Å². The lowest BCUT2D eigenvalue weighted by molar-refractivity contribution is -0.119. The lowest BCUT2D eigenvalue weighted by Crippen LogP contribution is -2.27. The zero-order valence-electron chi connectivity index (χ0n) is 18.8. The average Bonchev–Trinajstić information content (AvgIpc) is 2.85. The van der Waals surface area contributed by atoms with Crippen LogP contribution in [0.5, 0.6) is 11.5 Å². The molecule has 172 valence electrons. The zero-order chi connectivity index (χ0) is 24.1. The van der Waals surface area contributed by atoms with Gasteiger partial charge in [-0.3, -0.25) is 9.59 Å². The van der Waals surface area contributed by atoms with Crippen LogP contribution in [0, 0.1) is 6.92 Å². The fourth-order valence-electron chi connectivity index (χ4n) is 3.35. The number of ether oxygens (including phenoxy) is 2. The molecule has 0 fully saturated rings. The van der Waals surface area contributed by atoms with Gasteiger partial charge in [0.05, 0.1) is 5.39 Å². The van der Waals surface area contributed by atoms with Crippen molar-refractivity contribution in [3.63, 3.8) is 0 Å². The van der Waals surface area contributed by atoms with E-state index in [1.807, 2.05) is 31.2 Å². The number of amides is 1. The Morgan fingerprint density at radius 1 is 0.912 bits per heavy atom. The Morgan fingerprint density at radius 2 is 1.53 bits per heavy atom. The zero-order valence-corrected chi connectivity index (χ0v) is 18.8. The van der Waals surface area contributed by atoms with Gasteiger partial charge in [0.25, 0.3) is 11.5 Å². The number of rotatable bonds is 7. The molecule has 0 bridgehead atoms. The number of aromatic nitrogens is 2. The van der Waals surface area contributed by atoms with Crippen molar-refractivity contribution in [2.75, 3.05) is 11.9 Å². The average molecular weight is 457 g/mol. The number of esters is 1. The predicted octanol–water partition coefficient (Wildman–Crippen LogP) is 4.31. The van der Waals surface area contributed by atoms with Gasteiger partial charge in [0.2, 0.25) is 0 Å². The topological polar surface area (TPSA) is 99.5 Å². The summed E-state index contributed by atoms with van der Waals surface area (Å²) in [6.45, 7) is 3.55. The molecule has 0 spiro atoms. The van der Waals surface area contributed by atoms with Gasteiger partial charge in [-0.2, -0.15) is 5.10 Å². The third-order valence-corrected chi connectivity index (χ3v) is 5.09. The van der Waals surface area contributed by atoms with E-state index in [0.29, 0.717) is 34.5 Å². The van der Waals surface area contributed by atoms with Crippen LogP contribution in [0.25, 0.3) is 10.8 Å². The second-order valence-electron chi connectivity index (χ2n) is 7.58. The Morgan fingerprint density at radius 3 is 2.18 bits per heavy atom. The predicted molar refractivity (Wildman–Crippen MR) is 128 cm³/mol. The second-order valence-corrected chi connectivity index (χ2v) is 7.58. The number of carbonyl (C=O) groups is 2. The number of hydrogen-bond acceptors (Lipinski definition) is 6. The van der Waals surface area contributed by atoms with Gasteiger partial charge in [-0.1, -0.05) is 35.9 Å². The Balaban J connectivity index is 1.38. The Labute approximate surface area is 195 Å². The van der Waals surface area contributed by atoms with Crippen LogP contribution in [0.1, 0.15) is 23.0 Å². The fourth-order valence-corrected chi connectivity index (χ4v) is 3.35. The first-order chi connectivity index (χ1) is 16.4. The van der Waals surface area contributed by atoms with E-state index in [1.165, 1.54) is 4.68 Å². The molecule has 0 radical (unpaired) electrons. The van der Waals surface area contributed by atoms with Gasteiger partial charge >= 0.3 is 5.97 Å². The quantitative estimate of drug-likeness (QED) is 0.415. The van der Waals surface area contributed by atoms with Crippen LogP contribution in [0.15, 0.2) is 77.6 Å². The molecule has 0 aliphatic heterocycles. The molecule has 0 aliphatic carbocycles. The maximum Gasteiger partial charge on any atom is 0.359 e. The van der Waals surface area contributed by atoms with Gasteiger partial charge in [-0.15, -0.1) is 0 Å². The molecule has 1 amide bonds. The van der Waals surface area contributed by atoms with Crippen LogP contribution in [0.4, 0.5) is 5.69 Å². The van der Waals surface area contributed by atoms with E-state index in [1.54, 1.807) is 55.5 Å². The molecule has 0 unspecified atom stereocenters. The van der Waals surface area contributed by atoms with Crippen LogP contribution in [0.2, 0.25) is 0 Å². The van der Waals surface area contributed by atoms with E-state index in [0.717, 1.165) is 5.56 Å². The summed E-state index contributed by atoms with van der Waals surface area (Å²) in [5.41, 5.74) is 1.37. The minimum absolute atomic E-state index is 0.0116. The summed E-state index contributed by atoms with van der Waals surface area (Å²) in [7, 11) is 0. The summed E-state index contributed by atoms with van der Waals surface area (Å²) < 4.78 is 12.1. The van der Waals surface area contributed by atoms with Crippen molar-refractivity contribution >= 4 is 28.3 Å². The number of nitrogens with one attached hydrogen (secondary N) is 1. The summed E-state index contributed by atoms with van der Waals surface area (Å²) in [4.78, 5) is 37.4. The maximum absolute atomic E-state index is 12.6. The molecule has 0 saturated carbocycles. The molecule has 0 saturated heterocycles. The molecule has 34 heavy (non-hydrogen) atoms. The fraction of sp³-hybridized carbons (Fsp3) is 0.154. The highest BCUT2D eigenvalue weighted by atomic mass is 16.5. The summed E-state index contributed by atoms with van der Waals surface area (Å²) >= 11 is 0. The van der Waals surface area contributed by atoms with Gasteiger partial charge in [-0.05, 0) is 56.3 Å². The van der Waals surface area contributed by atoms with Gasteiger partial charge in [0.1, 0.15) is 11.5 Å². The second kappa shape index (κ2) is 9.99. The van der Waals surface area contributed by atoms with Gasteiger partial charge in [-0.25, -0.2) is 9.48 Å². The molecule has 4 rings (SSSR count). The molecule has 4 aromatic rings. The molecule has 3 aromatic carbocycles. The SMILES string of the molecule is CCn1nc(C(=O)OCC(=O)Nc2ccc(Oc3ccc(C)cc3)cc2)c2ccccc2c1=O. The standard InChI is InChI=1S/C26H23N3O5/c1-3-29-25(31)22-7-5-4-6-21(22)24(28-29)26(32)33-16-23(30)27-18-10-14-20(15-11-18)34-19-12-8-17(2)9-13-19/h4-15H,3,16H2,1-2H3,(H,27,30). The van der Waals surface area contributed by atoms with E-state index in [4.69, 9.17) is 9.47 Å². The minimum Gasteiger partial charge on any atom is -0.457 e. The van der Waals surface area contributed by atoms with Crippen molar-refractivity contribution in [2.24, 2.45) is 0 Å². The Kier molecular flexibility index (Phi) is 6.68. The molecule has 0 atom stereocenters. The van der Waals surface area contributed by atoms with E-state index < -0.39 is 18.5 Å². The summed E-state index contributed by atoms with van der Waals surface area (Å²) in [5.74, 6) is 0.0474. The van der Waals surface area contributed by atoms with E-state index in [2.05, 4.69) is 10.4 Å². The van der Waals surface area contributed by atoms with Gasteiger partial charge in [0, 0.05) is 17.6 Å². The molecule has 8 heteroatoms. The first kappa shape index (κ1) is 22.7. The van der Waals surface area contributed by atoms with Crippen molar-refractivity contribution < 1.29 is 19.1 Å². The summed E-state index contributed by atoms with van der Waals surface area (Å²) in [6, 6.07) is 21.2. The van der Waals surface area contributed by atoms with Gasteiger partial charge in [0.15, 0.2) is 12.3 Å². The highest BCUT2D eigenvalue weighted by Gasteiger charge is 2.18. The van der Waals surface area contributed by atoms with Crippen LogP contribution < -0.4 is 15.6 Å². The summed E-state index contributed by atoms with van der Waals surface area (Å²) in [6.07, 6.45) is 0. The molecule has 1 N–H and O–H groups in total. The number of benzene rings is 3. The van der Waals surface area contributed by atoms with Crippen LogP contribution >= 0.6 is 0 Å². The number of hydrogen-bond donors (Lipinski definition) is 1.